The third kappa shape index (κ3) is 0.857. The van der Waals surface area contributed by atoms with Gasteiger partial charge < -0.3 is 0 Å². The van der Waals surface area contributed by atoms with E-state index in [1.807, 2.05) is 6.92 Å². The molecule has 0 aliphatic carbocycles. The predicted octanol–water partition coefficient (Wildman–Crippen LogP) is -2.14. The fourth-order valence-electron chi connectivity index (χ4n) is 0.593. The summed E-state index contributed by atoms with van der Waals surface area (Å²) in [5.74, 6) is 0.212. The fraction of sp³-hybridized carbons (Fsp3) is 0.600. The van der Waals surface area contributed by atoms with Gasteiger partial charge in [-0.15, -0.1) is 0 Å². The molecule has 3 nitrogen and oxygen atoms in total. The summed E-state index contributed by atoms with van der Waals surface area (Å²) in [4.78, 5) is 13.5. The smallest absolute Gasteiger partial charge is 0.280 e. The second-order valence-electron chi connectivity index (χ2n) is 1.96. The Bertz CT molecular complexity index is 130. The molecular weight excluding hydrogens is 104 g/mol. The largest absolute Gasteiger partial charge is 0.313 e. The first-order chi connectivity index (χ1) is 3.80. The first-order valence-corrected chi connectivity index (χ1v) is 2.66. The molecule has 0 radical (unpaired) electrons. The van der Waals surface area contributed by atoms with Crippen molar-refractivity contribution in [3.63, 3.8) is 0 Å². The van der Waals surface area contributed by atoms with E-state index in [9.17, 15) is 4.79 Å². The van der Waals surface area contributed by atoms with Crippen LogP contribution in [0.2, 0.25) is 0 Å². The van der Waals surface area contributed by atoms with Gasteiger partial charge in [-0.25, -0.2) is 10.1 Å². The van der Waals surface area contributed by atoms with Crippen molar-refractivity contribution < 1.29 is 9.79 Å². The Kier molecular flexibility index (Phi) is 1.28. The minimum absolute atomic E-state index is 0.101. The lowest BCUT2D eigenvalue weighted by atomic mass is 10.1. The van der Waals surface area contributed by atoms with Crippen LogP contribution in [0.15, 0.2) is 0 Å². The van der Waals surface area contributed by atoms with Crippen LogP contribution < -0.4 is 10.3 Å². The van der Waals surface area contributed by atoms with Crippen molar-refractivity contribution in [2.24, 2.45) is 5.92 Å². The first kappa shape index (κ1) is 5.28. The van der Waals surface area contributed by atoms with Gasteiger partial charge in [-0.05, 0) is 6.92 Å². The topological polar surface area (TPSA) is 43.1 Å². The van der Waals surface area contributed by atoms with Crippen LogP contribution in [0.5, 0.6) is 0 Å². The summed E-state index contributed by atoms with van der Waals surface area (Å²) in [6.07, 6.45) is 1.57. The second-order valence-corrected chi connectivity index (χ2v) is 1.96. The molecule has 1 unspecified atom stereocenters. The molecule has 1 amide bonds. The Morgan fingerprint density at radius 1 is 2.00 bits per heavy atom. The van der Waals surface area contributed by atoms with Gasteiger partial charge in [0.05, 0.1) is 12.5 Å². The number of nitrogens with one attached hydrogen (secondary N) is 2. The van der Waals surface area contributed by atoms with Gasteiger partial charge >= 0.3 is 5.91 Å². The minimum Gasteiger partial charge on any atom is -0.280 e. The van der Waals surface area contributed by atoms with Crippen LogP contribution in [-0.2, 0) is 4.79 Å². The van der Waals surface area contributed by atoms with Crippen LogP contribution in [0.1, 0.15) is 6.92 Å². The SMILES string of the molecule is CC1C[NH+]=CNC1=O. The van der Waals surface area contributed by atoms with E-state index in [-0.39, 0.29) is 11.8 Å². The Morgan fingerprint density at radius 2 is 2.75 bits per heavy atom. The molecule has 0 spiro atoms. The lowest BCUT2D eigenvalue weighted by molar-refractivity contribution is -0.462. The van der Waals surface area contributed by atoms with Crippen LogP contribution in [0, 0.1) is 5.92 Å². The van der Waals surface area contributed by atoms with Crippen LogP contribution in [-0.4, -0.2) is 18.8 Å². The Balaban J connectivity index is 2.57. The molecule has 0 saturated heterocycles. The van der Waals surface area contributed by atoms with Gasteiger partial charge in [0.1, 0.15) is 0 Å². The van der Waals surface area contributed by atoms with E-state index in [1.54, 1.807) is 6.34 Å². The lowest BCUT2D eigenvalue weighted by Gasteiger charge is -2.04. The van der Waals surface area contributed by atoms with Gasteiger partial charge in [-0.2, -0.15) is 0 Å². The summed E-state index contributed by atoms with van der Waals surface area (Å²) < 4.78 is 0. The third-order valence-electron chi connectivity index (χ3n) is 1.19. The van der Waals surface area contributed by atoms with Crippen molar-refractivity contribution in [3.8, 4) is 0 Å². The van der Waals surface area contributed by atoms with Crippen LogP contribution in [0.25, 0.3) is 0 Å². The normalized spacial score (nSPS) is 27.6. The molecule has 0 fully saturated rings. The molecule has 1 rings (SSSR count). The van der Waals surface area contributed by atoms with Crippen molar-refractivity contribution in [2.45, 2.75) is 6.92 Å². The number of amides is 1. The van der Waals surface area contributed by atoms with Gasteiger partial charge in [-0.3, -0.25) is 4.99 Å². The average molecular weight is 113 g/mol. The zero-order valence-electron chi connectivity index (χ0n) is 4.77. The second kappa shape index (κ2) is 1.94. The zero-order chi connectivity index (χ0) is 5.98. The van der Waals surface area contributed by atoms with E-state index in [1.165, 1.54) is 0 Å². The van der Waals surface area contributed by atoms with Crippen molar-refractivity contribution in [3.05, 3.63) is 0 Å². The molecule has 44 valence electrons. The highest BCUT2D eigenvalue weighted by atomic mass is 16.1. The molecule has 8 heavy (non-hydrogen) atoms. The van der Waals surface area contributed by atoms with E-state index < -0.39 is 0 Å². The minimum atomic E-state index is 0.101. The van der Waals surface area contributed by atoms with Gasteiger partial charge in [0.15, 0.2) is 0 Å². The molecule has 2 N–H and O–H groups in total. The Hall–Kier alpha value is -0.860. The van der Waals surface area contributed by atoms with Gasteiger partial charge in [0.2, 0.25) is 6.34 Å². The van der Waals surface area contributed by atoms with Gasteiger partial charge in [0, 0.05) is 0 Å². The van der Waals surface area contributed by atoms with Crippen LogP contribution >= 0.6 is 0 Å². The number of hydrogen-bond donors (Lipinski definition) is 2. The third-order valence-corrected chi connectivity index (χ3v) is 1.19. The predicted molar refractivity (Wildman–Crippen MR) is 29.2 cm³/mol. The highest BCUT2D eigenvalue weighted by Crippen LogP contribution is 1.88. The number of carbonyl (C=O) groups is 1. The summed E-state index contributed by atoms with van der Waals surface area (Å²) in [7, 11) is 0. The monoisotopic (exact) mass is 113 g/mol. The fourth-order valence-corrected chi connectivity index (χ4v) is 0.593. The summed E-state index contributed by atoms with van der Waals surface area (Å²) in [5.41, 5.74) is 0. The van der Waals surface area contributed by atoms with Crippen molar-refractivity contribution in [1.29, 1.82) is 0 Å². The molecule has 0 bridgehead atoms. The Labute approximate surface area is 47.8 Å². The van der Waals surface area contributed by atoms with Crippen molar-refractivity contribution in [1.82, 2.24) is 5.32 Å². The van der Waals surface area contributed by atoms with E-state index in [4.69, 9.17) is 0 Å². The van der Waals surface area contributed by atoms with Gasteiger partial charge in [-0.1, -0.05) is 0 Å². The van der Waals surface area contributed by atoms with E-state index in [2.05, 4.69) is 10.3 Å². The van der Waals surface area contributed by atoms with Crippen LogP contribution in [0.3, 0.4) is 0 Å². The highest BCUT2D eigenvalue weighted by molar-refractivity contribution is 5.88. The summed E-state index contributed by atoms with van der Waals surface area (Å²) in [5, 5.41) is 2.56. The highest BCUT2D eigenvalue weighted by Gasteiger charge is 2.18. The Morgan fingerprint density at radius 3 is 3.12 bits per heavy atom. The van der Waals surface area contributed by atoms with Crippen LogP contribution in [0.4, 0.5) is 0 Å². The zero-order valence-corrected chi connectivity index (χ0v) is 4.77. The first-order valence-electron chi connectivity index (χ1n) is 2.66. The van der Waals surface area contributed by atoms with E-state index >= 15 is 0 Å². The van der Waals surface area contributed by atoms with E-state index in [0.717, 1.165) is 6.54 Å². The van der Waals surface area contributed by atoms with Crippen molar-refractivity contribution in [2.75, 3.05) is 6.54 Å². The molecule has 1 heterocycles. The molecule has 1 aliphatic rings. The standard InChI is InChI=1S/C5H8N2O/c1-4-2-6-3-7-5(4)8/h3-4H,2H2,1H3,(H,6,7,8)/p+1. The summed E-state index contributed by atoms with van der Waals surface area (Å²) in [6.45, 7) is 2.64. The quantitative estimate of drug-likeness (QED) is 0.370. The molecule has 0 aromatic heterocycles. The molecule has 1 atom stereocenters. The average Bonchev–Trinajstić information content (AvgIpc) is 1.77. The molecule has 0 aromatic carbocycles. The molecule has 1 aliphatic heterocycles. The molecule has 3 heteroatoms. The molecular formula is C5H9N2O+. The maximum Gasteiger partial charge on any atom is 0.313 e. The van der Waals surface area contributed by atoms with E-state index in [0.29, 0.717) is 0 Å². The van der Waals surface area contributed by atoms with Gasteiger partial charge in [0.25, 0.3) is 0 Å². The maximum absolute atomic E-state index is 10.6. The maximum atomic E-state index is 10.6. The summed E-state index contributed by atoms with van der Waals surface area (Å²) >= 11 is 0. The molecule has 0 saturated carbocycles. The number of carbonyl (C=O) groups excluding carboxylic acids is 1. The number of rotatable bonds is 0. The molecule has 0 aromatic rings. The van der Waals surface area contributed by atoms with Crippen molar-refractivity contribution >= 4 is 12.2 Å². The number of hydrogen-bond acceptors (Lipinski definition) is 1. The summed E-state index contributed by atoms with van der Waals surface area (Å²) in [6, 6.07) is 0. The lowest BCUT2D eigenvalue weighted by Crippen LogP contribution is -2.77.